The molecule has 1 aliphatic rings. The van der Waals surface area contributed by atoms with Crippen LogP contribution in [0.2, 0.25) is 10.0 Å². The van der Waals surface area contributed by atoms with Crippen LogP contribution in [0.1, 0.15) is 81.0 Å². The van der Waals surface area contributed by atoms with Gasteiger partial charge in [-0.15, -0.1) is 0 Å². The highest BCUT2D eigenvalue weighted by atomic mass is 35.5. The minimum atomic E-state index is -0.491. The van der Waals surface area contributed by atoms with E-state index in [0.717, 1.165) is 25.7 Å². The number of benzene rings is 1. The molecule has 1 saturated carbocycles. The van der Waals surface area contributed by atoms with Crippen LogP contribution in [0, 0.1) is 0 Å². The first-order valence-electron chi connectivity index (χ1n) is 10.9. The molecule has 162 valence electrons. The van der Waals surface area contributed by atoms with E-state index in [1.54, 1.807) is 24.3 Å². The van der Waals surface area contributed by atoms with E-state index in [0.29, 0.717) is 11.3 Å². The summed E-state index contributed by atoms with van der Waals surface area (Å²) in [4.78, 5) is 25.0. The van der Waals surface area contributed by atoms with Gasteiger partial charge in [-0.2, -0.15) is 9.78 Å². The van der Waals surface area contributed by atoms with Crippen LogP contribution in [0.5, 0.6) is 0 Å². The lowest BCUT2D eigenvalue weighted by Gasteiger charge is -2.19. The molecule has 5 nitrogen and oxygen atoms in total. The molecule has 0 spiro atoms. The van der Waals surface area contributed by atoms with Crippen LogP contribution in [0.4, 0.5) is 0 Å². The zero-order chi connectivity index (χ0) is 21.3. The Bertz CT molecular complexity index is 884. The van der Waals surface area contributed by atoms with Gasteiger partial charge in [0.1, 0.15) is 5.02 Å². The van der Waals surface area contributed by atoms with Crippen molar-refractivity contribution < 1.29 is 4.79 Å². The van der Waals surface area contributed by atoms with E-state index in [-0.39, 0.29) is 22.0 Å². The highest BCUT2D eigenvalue weighted by molar-refractivity contribution is 6.41. The van der Waals surface area contributed by atoms with Gasteiger partial charge in [-0.1, -0.05) is 81.0 Å². The maximum atomic E-state index is 12.8. The maximum Gasteiger partial charge on any atom is 0.291 e. The van der Waals surface area contributed by atoms with Gasteiger partial charge in [0.2, 0.25) is 0 Å². The van der Waals surface area contributed by atoms with Crippen molar-refractivity contribution in [3.63, 3.8) is 0 Å². The number of hydrogen-bond donors (Lipinski definition) is 1. The van der Waals surface area contributed by atoms with Crippen molar-refractivity contribution in [1.29, 1.82) is 0 Å². The second-order valence-electron chi connectivity index (χ2n) is 8.00. The minimum Gasteiger partial charge on any atom is -0.349 e. The molecule has 1 aliphatic carbocycles. The molecule has 1 heterocycles. The highest BCUT2D eigenvalue weighted by Gasteiger charge is 2.15. The zero-order valence-electron chi connectivity index (χ0n) is 17.2. The molecule has 1 fully saturated rings. The van der Waals surface area contributed by atoms with E-state index in [2.05, 4.69) is 10.4 Å². The average molecular weight is 450 g/mol. The molecule has 2 aromatic rings. The maximum absolute atomic E-state index is 12.8. The molecule has 30 heavy (non-hydrogen) atoms. The number of nitrogens with zero attached hydrogens (tertiary/aromatic N) is 2. The Balaban J connectivity index is 1.64. The fourth-order valence-corrected chi connectivity index (χ4v) is 4.18. The smallest absolute Gasteiger partial charge is 0.291 e. The molecule has 3 rings (SSSR count). The Labute approximate surface area is 187 Å². The van der Waals surface area contributed by atoms with Gasteiger partial charge >= 0.3 is 0 Å². The number of carbonyl (C=O) groups excluding carboxylic acids is 1. The number of rotatable bonds is 3. The number of halogens is 2. The normalized spacial score (nSPS) is 17.0. The highest BCUT2D eigenvalue weighted by Crippen LogP contribution is 2.18. The molecule has 1 aromatic carbocycles. The van der Waals surface area contributed by atoms with Gasteiger partial charge in [0.25, 0.3) is 11.5 Å². The predicted octanol–water partition coefficient (Wildman–Crippen LogP) is 5.94. The quantitative estimate of drug-likeness (QED) is 0.629. The van der Waals surface area contributed by atoms with Crippen molar-refractivity contribution >= 4 is 29.1 Å². The molecule has 0 radical (unpaired) electrons. The van der Waals surface area contributed by atoms with Crippen LogP contribution >= 0.6 is 23.2 Å². The summed E-state index contributed by atoms with van der Waals surface area (Å²) < 4.78 is 1.17. The van der Waals surface area contributed by atoms with Crippen molar-refractivity contribution in [2.24, 2.45) is 0 Å². The Kier molecular flexibility index (Phi) is 8.76. The number of carbonyl (C=O) groups is 1. The fourth-order valence-electron chi connectivity index (χ4n) is 3.93. The summed E-state index contributed by atoms with van der Waals surface area (Å²) in [5.41, 5.74) is 0.605. The summed E-state index contributed by atoms with van der Waals surface area (Å²) in [5.74, 6) is -0.0758. The molecule has 1 aromatic heterocycles. The van der Waals surface area contributed by atoms with E-state index in [1.807, 2.05) is 0 Å². The summed E-state index contributed by atoms with van der Waals surface area (Å²) in [6, 6.07) is 7.01. The van der Waals surface area contributed by atoms with Gasteiger partial charge in [0.15, 0.2) is 0 Å². The molecule has 7 heteroatoms. The standard InChI is InChI=1S/C23H29Cl2N3O2/c24-20-16-26-28(23(30)21(20)25)19-14-12-17(13-15-19)22(29)27-18-10-8-6-4-2-1-3-5-7-9-11-18/h12-16,18H,1-11H2,(H,27,29). The van der Waals surface area contributed by atoms with E-state index < -0.39 is 5.56 Å². The topological polar surface area (TPSA) is 64.0 Å². The van der Waals surface area contributed by atoms with Crippen molar-refractivity contribution in [1.82, 2.24) is 15.1 Å². The number of amides is 1. The van der Waals surface area contributed by atoms with Crippen LogP contribution in [-0.2, 0) is 0 Å². The molecule has 0 aliphatic heterocycles. The van der Waals surface area contributed by atoms with Crippen LogP contribution in [0.15, 0.2) is 35.3 Å². The SMILES string of the molecule is O=C(NC1CCCCCCCCCCC1)c1ccc(-n2ncc(Cl)c(Cl)c2=O)cc1. The first kappa shape index (κ1) is 22.8. The van der Waals surface area contributed by atoms with Crippen LogP contribution in [-0.4, -0.2) is 21.7 Å². The fraction of sp³-hybridized carbons (Fsp3) is 0.522. The monoisotopic (exact) mass is 449 g/mol. The Morgan fingerprint density at radius 3 is 2.00 bits per heavy atom. The molecule has 0 bridgehead atoms. The van der Waals surface area contributed by atoms with Gasteiger partial charge in [-0.25, -0.2) is 0 Å². The van der Waals surface area contributed by atoms with Gasteiger partial charge in [-0.3, -0.25) is 9.59 Å². The third-order valence-electron chi connectivity index (χ3n) is 5.69. The second-order valence-corrected chi connectivity index (χ2v) is 8.79. The van der Waals surface area contributed by atoms with Crippen LogP contribution in [0.25, 0.3) is 5.69 Å². The second kappa shape index (κ2) is 11.5. The molecular formula is C23H29Cl2N3O2. The van der Waals surface area contributed by atoms with Gasteiger partial charge in [0, 0.05) is 11.6 Å². The Morgan fingerprint density at radius 1 is 0.900 bits per heavy atom. The molecule has 0 saturated heterocycles. The lowest BCUT2D eigenvalue weighted by molar-refractivity contribution is 0.0931. The lowest BCUT2D eigenvalue weighted by Crippen LogP contribution is -2.35. The summed E-state index contributed by atoms with van der Waals surface area (Å²) in [6.45, 7) is 0. The number of aromatic nitrogens is 2. The third kappa shape index (κ3) is 6.32. The van der Waals surface area contributed by atoms with Gasteiger partial charge in [-0.05, 0) is 37.1 Å². The van der Waals surface area contributed by atoms with Crippen molar-refractivity contribution in [3.05, 3.63) is 56.4 Å². The summed E-state index contributed by atoms with van der Waals surface area (Å²) in [5, 5.41) is 7.27. The summed E-state index contributed by atoms with van der Waals surface area (Å²) >= 11 is 11.7. The minimum absolute atomic E-state index is 0.0732. The van der Waals surface area contributed by atoms with E-state index >= 15 is 0 Å². The van der Waals surface area contributed by atoms with Crippen molar-refractivity contribution in [2.45, 2.75) is 76.7 Å². The average Bonchev–Trinajstić information content (AvgIpc) is 2.74. The molecule has 1 N–H and O–H groups in total. The Hall–Kier alpha value is -1.85. The van der Waals surface area contributed by atoms with Crippen LogP contribution in [0.3, 0.4) is 0 Å². The van der Waals surface area contributed by atoms with Crippen molar-refractivity contribution in [3.8, 4) is 5.69 Å². The first-order valence-corrected chi connectivity index (χ1v) is 11.7. The summed E-state index contributed by atoms with van der Waals surface area (Å²) in [6.07, 6.45) is 14.8. The molecular weight excluding hydrogens is 421 g/mol. The van der Waals surface area contributed by atoms with E-state index in [1.165, 1.54) is 55.8 Å². The van der Waals surface area contributed by atoms with E-state index in [9.17, 15) is 9.59 Å². The lowest BCUT2D eigenvalue weighted by atomic mass is 9.97. The molecule has 1 amide bonds. The number of hydrogen-bond acceptors (Lipinski definition) is 3. The van der Waals surface area contributed by atoms with E-state index in [4.69, 9.17) is 23.2 Å². The molecule has 0 atom stereocenters. The number of nitrogens with one attached hydrogen (secondary N) is 1. The first-order chi connectivity index (χ1) is 14.6. The third-order valence-corrected chi connectivity index (χ3v) is 6.44. The molecule has 0 unspecified atom stereocenters. The zero-order valence-corrected chi connectivity index (χ0v) is 18.7. The van der Waals surface area contributed by atoms with Crippen LogP contribution < -0.4 is 10.9 Å². The van der Waals surface area contributed by atoms with Crippen molar-refractivity contribution in [2.75, 3.05) is 0 Å². The Morgan fingerprint density at radius 2 is 1.43 bits per heavy atom. The van der Waals surface area contributed by atoms with Gasteiger partial charge < -0.3 is 5.32 Å². The largest absolute Gasteiger partial charge is 0.349 e. The predicted molar refractivity (Wildman–Crippen MR) is 122 cm³/mol. The van der Waals surface area contributed by atoms with Gasteiger partial charge in [0.05, 0.1) is 16.9 Å². The summed E-state index contributed by atoms with van der Waals surface area (Å²) in [7, 11) is 0.